The van der Waals surface area contributed by atoms with Crippen molar-refractivity contribution in [2.24, 2.45) is 0 Å². The van der Waals surface area contributed by atoms with Crippen LogP contribution in [-0.2, 0) is 4.79 Å². The van der Waals surface area contributed by atoms with Crippen LogP contribution in [-0.4, -0.2) is 95.9 Å². The predicted octanol–water partition coefficient (Wildman–Crippen LogP) is 0.242. The van der Waals surface area contributed by atoms with E-state index in [1.165, 1.54) is 4.31 Å². The van der Waals surface area contributed by atoms with Crippen LogP contribution in [0.25, 0.3) is 0 Å². The second-order valence-electron chi connectivity index (χ2n) is 7.40. The van der Waals surface area contributed by atoms with E-state index in [1.807, 2.05) is 0 Å². The molecular weight excluding hydrogens is 326 g/mol. The van der Waals surface area contributed by atoms with E-state index in [2.05, 4.69) is 42.0 Å². The van der Waals surface area contributed by atoms with Crippen molar-refractivity contribution >= 4 is 24.8 Å². The molecule has 3 saturated heterocycles. The molecule has 0 bridgehead atoms. The average Bonchev–Trinajstić information content (AvgIpc) is 2.83. The fraction of sp³-hybridized carbons (Fsp3) is 0.875. The van der Waals surface area contributed by atoms with Crippen LogP contribution in [0.5, 0.6) is 0 Å². The van der Waals surface area contributed by atoms with Crippen molar-refractivity contribution in [1.29, 1.82) is 0 Å². The highest BCUT2D eigenvalue weighted by molar-refractivity contribution is 7.78. The fourth-order valence-corrected chi connectivity index (χ4v) is 4.26. The molecule has 0 spiro atoms. The van der Waals surface area contributed by atoms with Crippen LogP contribution in [0.3, 0.4) is 0 Å². The minimum Gasteiger partial charge on any atom is -0.335 e. The molecule has 0 unspecified atom stereocenters. The molecule has 24 heavy (non-hydrogen) atoms. The number of carbonyl (C=O) groups is 2. The molecule has 136 valence electrons. The standard InChI is InChI=1S/C16H29N5O2S/c1-18(2)10-11-19-7-3-4-12(5-8-19)17-16(23)20-9-6-13-14(20)15(22)21(13)24/h12-14,24H,3-11H2,1-2H3,(H,17,23)/t12-,13+,14-/m0/s1. The lowest BCUT2D eigenvalue weighted by Gasteiger charge is -2.42. The first kappa shape index (κ1) is 17.8. The minimum atomic E-state index is -0.287. The van der Waals surface area contributed by atoms with Gasteiger partial charge in [0.2, 0.25) is 0 Å². The molecule has 3 heterocycles. The molecule has 3 aliphatic heterocycles. The highest BCUT2D eigenvalue weighted by atomic mass is 32.1. The lowest BCUT2D eigenvalue weighted by molar-refractivity contribution is -0.142. The normalized spacial score (nSPS) is 31.0. The average molecular weight is 356 g/mol. The van der Waals surface area contributed by atoms with E-state index in [-0.39, 0.29) is 30.1 Å². The zero-order chi connectivity index (χ0) is 17.3. The van der Waals surface area contributed by atoms with Crippen LogP contribution in [0, 0.1) is 0 Å². The number of β-lactam (4-membered cyclic amide) rings is 1. The fourth-order valence-electron chi connectivity index (χ4n) is 3.90. The van der Waals surface area contributed by atoms with Gasteiger partial charge in [0.05, 0.1) is 6.04 Å². The van der Waals surface area contributed by atoms with Crippen LogP contribution >= 0.6 is 12.8 Å². The van der Waals surface area contributed by atoms with Crippen molar-refractivity contribution in [2.75, 3.05) is 46.8 Å². The predicted molar refractivity (Wildman–Crippen MR) is 95.9 cm³/mol. The minimum absolute atomic E-state index is 0.0493. The first-order valence-corrected chi connectivity index (χ1v) is 9.33. The number of urea groups is 1. The summed E-state index contributed by atoms with van der Waals surface area (Å²) in [7, 11) is 4.19. The van der Waals surface area contributed by atoms with Crippen LogP contribution in [0.2, 0.25) is 0 Å². The van der Waals surface area contributed by atoms with Crippen molar-refractivity contribution in [3.05, 3.63) is 0 Å². The van der Waals surface area contributed by atoms with Gasteiger partial charge in [0.1, 0.15) is 6.04 Å². The van der Waals surface area contributed by atoms with Crippen LogP contribution < -0.4 is 5.32 Å². The Hall–Kier alpha value is -0.990. The summed E-state index contributed by atoms with van der Waals surface area (Å²) in [6.07, 6.45) is 3.93. The van der Waals surface area contributed by atoms with Crippen molar-refractivity contribution in [1.82, 2.24) is 24.3 Å². The van der Waals surface area contributed by atoms with Gasteiger partial charge in [0.25, 0.3) is 5.91 Å². The largest absolute Gasteiger partial charge is 0.335 e. The van der Waals surface area contributed by atoms with E-state index < -0.39 is 0 Å². The Morgan fingerprint density at radius 3 is 2.79 bits per heavy atom. The number of likely N-dealkylation sites (tertiary alicyclic amines) is 2. The van der Waals surface area contributed by atoms with E-state index in [9.17, 15) is 9.59 Å². The summed E-state index contributed by atoms with van der Waals surface area (Å²) in [5.41, 5.74) is 0. The quantitative estimate of drug-likeness (QED) is 0.560. The van der Waals surface area contributed by atoms with Gasteiger partial charge < -0.3 is 20.0 Å². The lowest BCUT2D eigenvalue weighted by atomic mass is 10.0. The molecule has 3 aliphatic rings. The zero-order valence-corrected chi connectivity index (χ0v) is 15.5. The number of carbonyl (C=O) groups excluding carboxylic acids is 2. The molecule has 3 rings (SSSR count). The maximum Gasteiger partial charge on any atom is 0.318 e. The van der Waals surface area contributed by atoms with Crippen molar-refractivity contribution in [2.45, 2.75) is 43.8 Å². The van der Waals surface area contributed by atoms with E-state index in [4.69, 9.17) is 0 Å². The monoisotopic (exact) mass is 355 g/mol. The van der Waals surface area contributed by atoms with Gasteiger partial charge in [-0.25, -0.2) is 4.79 Å². The van der Waals surface area contributed by atoms with Gasteiger partial charge in [-0.2, -0.15) is 0 Å². The molecule has 3 amide bonds. The summed E-state index contributed by atoms with van der Waals surface area (Å²) in [4.78, 5) is 30.8. The number of rotatable bonds is 4. The van der Waals surface area contributed by atoms with E-state index in [0.29, 0.717) is 6.54 Å². The second-order valence-corrected chi connectivity index (χ2v) is 7.83. The molecule has 3 atom stereocenters. The molecule has 0 aromatic heterocycles. The van der Waals surface area contributed by atoms with Gasteiger partial charge >= 0.3 is 6.03 Å². The topological polar surface area (TPSA) is 59.1 Å². The zero-order valence-electron chi connectivity index (χ0n) is 14.6. The Morgan fingerprint density at radius 1 is 1.25 bits per heavy atom. The first-order valence-electron chi connectivity index (χ1n) is 8.93. The molecule has 1 N–H and O–H groups in total. The van der Waals surface area contributed by atoms with Crippen LogP contribution in [0.1, 0.15) is 25.7 Å². The SMILES string of the molecule is CN(C)CCN1CCC[C@H](NC(=O)N2CC[C@@H]3[C@H]2C(=O)N3S)CC1. The van der Waals surface area contributed by atoms with Gasteiger partial charge in [-0.1, -0.05) is 12.8 Å². The molecule has 0 aliphatic carbocycles. The molecule has 0 radical (unpaired) electrons. The molecule has 7 nitrogen and oxygen atoms in total. The maximum atomic E-state index is 12.6. The molecular formula is C16H29N5O2S. The Bertz CT molecular complexity index is 489. The summed E-state index contributed by atoms with van der Waals surface area (Å²) < 4.78 is 1.46. The third-order valence-electron chi connectivity index (χ3n) is 5.43. The van der Waals surface area contributed by atoms with Crippen molar-refractivity contribution in [3.8, 4) is 0 Å². The first-order chi connectivity index (χ1) is 11.5. The van der Waals surface area contributed by atoms with Crippen LogP contribution in [0.4, 0.5) is 4.79 Å². The van der Waals surface area contributed by atoms with Gasteiger partial charge in [-0.05, 0) is 46.3 Å². The number of fused-ring (bicyclic) bond motifs is 1. The summed E-state index contributed by atoms with van der Waals surface area (Å²) in [5, 5.41) is 3.16. The van der Waals surface area contributed by atoms with Crippen LogP contribution in [0.15, 0.2) is 0 Å². The number of hydrogen-bond acceptors (Lipinski definition) is 5. The number of nitrogens with zero attached hydrogens (tertiary/aromatic N) is 4. The van der Waals surface area contributed by atoms with E-state index in [0.717, 1.165) is 51.9 Å². The third-order valence-corrected chi connectivity index (χ3v) is 5.93. The molecule has 0 aromatic rings. The third kappa shape index (κ3) is 3.65. The van der Waals surface area contributed by atoms with Crippen molar-refractivity contribution < 1.29 is 9.59 Å². The highest BCUT2D eigenvalue weighted by Crippen LogP contribution is 2.34. The summed E-state index contributed by atoms with van der Waals surface area (Å²) >= 11 is 4.17. The number of likely N-dealkylation sites (N-methyl/N-ethyl adjacent to an activating group) is 1. The molecule has 0 aromatic carbocycles. The van der Waals surface area contributed by atoms with E-state index >= 15 is 0 Å². The van der Waals surface area contributed by atoms with Gasteiger partial charge in [0, 0.05) is 32.2 Å². The number of amides is 3. The summed E-state index contributed by atoms with van der Waals surface area (Å²) in [6, 6.07) is -0.0562. The molecule has 0 saturated carbocycles. The Balaban J connectivity index is 1.46. The van der Waals surface area contributed by atoms with Gasteiger partial charge in [0.15, 0.2) is 0 Å². The van der Waals surface area contributed by atoms with Crippen molar-refractivity contribution in [3.63, 3.8) is 0 Å². The van der Waals surface area contributed by atoms with Gasteiger partial charge in [-0.15, -0.1) is 0 Å². The smallest absolute Gasteiger partial charge is 0.318 e. The Morgan fingerprint density at radius 2 is 2.04 bits per heavy atom. The van der Waals surface area contributed by atoms with E-state index in [1.54, 1.807) is 4.90 Å². The molecule has 8 heteroatoms. The number of nitrogens with one attached hydrogen (secondary N) is 1. The maximum absolute atomic E-state index is 12.6. The molecule has 3 fully saturated rings. The van der Waals surface area contributed by atoms with Gasteiger partial charge in [-0.3, -0.25) is 9.10 Å². The second kappa shape index (κ2) is 7.49. The lowest BCUT2D eigenvalue weighted by Crippen LogP contribution is -2.64. The highest BCUT2D eigenvalue weighted by Gasteiger charge is 2.54. The Kier molecular flexibility index (Phi) is 5.56. The summed E-state index contributed by atoms with van der Waals surface area (Å²) in [6.45, 7) is 4.91. The Labute approximate surface area is 149 Å². The number of thiol groups is 1. The number of hydrogen-bond donors (Lipinski definition) is 2. The summed E-state index contributed by atoms with van der Waals surface area (Å²) in [5.74, 6) is -0.0493.